The Kier molecular flexibility index (Phi) is 7.95. The van der Waals surface area contributed by atoms with Crippen molar-refractivity contribution in [3.05, 3.63) is 46.8 Å². The fourth-order valence-electron chi connectivity index (χ4n) is 4.55. The summed E-state index contributed by atoms with van der Waals surface area (Å²) in [5.74, 6) is -0.874. The van der Waals surface area contributed by atoms with Gasteiger partial charge in [0.1, 0.15) is 12.1 Å². The number of benzene rings is 1. The second kappa shape index (κ2) is 10.4. The smallest absolute Gasteiger partial charge is 0.243 e. The van der Waals surface area contributed by atoms with Crippen molar-refractivity contribution in [2.24, 2.45) is 5.41 Å². The molecule has 8 heteroatoms. The van der Waals surface area contributed by atoms with Gasteiger partial charge >= 0.3 is 0 Å². The van der Waals surface area contributed by atoms with Gasteiger partial charge in [-0.05, 0) is 54.4 Å². The van der Waals surface area contributed by atoms with E-state index in [1.807, 2.05) is 50.4 Å². The number of hydrogen-bond donors (Lipinski definition) is 3. The number of likely N-dealkylation sites (N-methyl/N-ethyl adjacent to an activating group) is 1. The van der Waals surface area contributed by atoms with Crippen molar-refractivity contribution in [3.8, 4) is 10.4 Å². The average Bonchev–Trinajstić information content (AvgIpc) is 3.36. The number of carbonyl (C=O) groups is 3. The minimum Gasteiger partial charge on any atom is -0.391 e. The maximum absolute atomic E-state index is 13.3. The van der Waals surface area contributed by atoms with E-state index >= 15 is 0 Å². The number of likely N-dealkylation sites (tertiary alicyclic amines) is 1. The lowest BCUT2D eigenvalue weighted by Gasteiger charge is -2.35. The predicted octanol–water partition coefficient (Wildman–Crippen LogP) is 3.07. The molecule has 2 aromatic rings. The van der Waals surface area contributed by atoms with E-state index in [1.54, 1.807) is 18.4 Å². The molecule has 3 N–H and O–H groups in total. The standard InChI is InChI=1S/C26H35N3O4S/c1-15-11-12-34-22(15)18-9-7-17(8-10-18)21(16(2)30)28-24(32)20-13-19(31)14-29(20)25(33)23(27-6)26(3,4)5/h7-12,19-21,23,27,31H,13-14H2,1-6H3,(H,28,32)/t19-,20+,21-,23-/m1/s1. The van der Waals surface area contributed by atoms with E-state index in [4.69, 9.17) is 0 Å². The van der Waals surface area contributed by atoms with Crippen LogP contribution in [0.15, 0.2) is 35.7 Å². The third-order valence-electron chi connectivity index (χ3n) is 6.33. The molecule has 0 saturated carbocycles. The Hall–Kier alpha value is -2.55. The van der Waals surface area contributed by atoms with Gasteiger partial charge in [0.15, 0.2) is 5.78 Å². The van der Waals surface area contributed by atoms with Crippen molar-refractivity contribution in [1.82, 2.24) is 15.5 Å². The molecule has 0 bridgehead atoms. The summed E-state index contributed by atoms with van der Waals surface area (Å²) < 4.78 is 0. The largest absolute Gasteiger partial charge is 0.391 e. The lowest BCUT2D eigenvalue weighted by Crippen LogP contribution is -2.56. The zero-order valence-corrected chi connectivity index (χ0v) is 21.5. The van der Waals surface area contributed by atoms with Crippen molar-refractivity contribution < 1.29 is 19.5 Å². The van der Waals surface area contributed by atoms with Crippen LogP contribution in [0.3, 0.4) is 0 Å². The van der Waals surface area contributed by atoms with Gasteiger partial charge in [-0.1, -0.05) is 45.0 Å². The van der Waals surface area contributed by atoms with Gasteiger partial charge in [0.05, 0.1) is 12.1 Å². The summed E-state index contributed by atoms with van der Waals surface area (Å²) in [4.78, 5) is 41.6. The van der Waals surface area contributed by atoms with Crippen molar-refractivity contribution >= 4 is 28.9 Å². The highest BCUT2D eigenvalue weighted by Crippen LogP contribution is 2.30. The average molecular weight is 486 g/mol. The van der Waals surface area contributed by atoms with Gasteiger partial charge < -0.3 is 20.6 Å². The number of thiophene rings is 1. The molecule has 34 heavy (non-hydrogen) atoms. The summed E-state index contributed by atoms with van der Waals surface area (Å²) in [6, 6.07) is 7.49. The summed E-state index contributed by atoms with van der Waals surface area (Å²) in [5, 5.41) is 18.2. The van der Waals surface area contributed by atoms with E-state index in [2.05, 4.69) is 23.6 Å². The molecule has 1 aliphatic heterocycles. The Labute approximate surface area is 205 Å². The fourth-order valence-corrected chi connectivity index (χ4v) is 5.49. The van der Waals surface area contributed by atoms with Crippen molar-refractivity contribution in [2.45, 2.75) is 65.3 Å². The molecule has 184 valence electrons. The quantitative estimate of drug-likeness (QED) is 0.560. The molecule has 0 spiro atoms. The van der Waals surface area contributed by atoms with Crippen molar-refractivity contribution in [1.29, 1.82) is 0 Å². The number of nitrogens with one attached hydrogen (secondary N) is 2. The first-order valence-corrected chi connectivity index (χ1v) is 12.4. The third-order valence-corrected chi connectivity index (χ3v) is 7.39. The second-order valence-corrected chi connectivity index (χ2v) is 11.0. The Balaban J connectivity index is 1.80. The first kappa shape index (κ1) is 26.1. The van der Waals surface area contributed by atoms with Gasteiger partial charge in [-0.15, -0.1) is 11.3 Å². The van der Waals surface area contributed by atoms with Crippen LogP contribution in [0.1, 0.15) is 51.3 Å². The van der Waals surface area contributed by atoms with E-state index in [1.165, 1.54) is 22.3 Å². The van der Waals surface area contributed by atoms with Gasteiger partial charge in [0, 0.05) is 17.8 Å². The molecule has 1 aromatic carbocycles. The first-order valence-electron chi connectivity index (χ1n) is 11.5. The van der Waals surface area contributed by atoms with Crippen LogP contribution < -0.4 is 10.6 Å². The molecule has 3 rings (SSSR count). The van der Waals surface area contributed by atoms with Gasteiger partial charge in [0.2, 0.25) is 11.8 Å². The Morgan fingerprint density at radius 1 is 1.15 bits per heavy atom. The van der Waals surface area contributed by atoms with Gasteiger partial charge in [-0.2, -0.15) is 0 Å². The number of Topliss-reactive ketones (excluding diaryl/α,β-unsaturated/α-hetero) is 1. The summed E-state index contributed by atoms with van der Waals surface area (Å²) >= 11 is 1.66. The van der Waals surface area contributed by atoms with Gasteiger partial charge in [-0.25, -0.2) is 0 Å². The number of rotatable bonds is 7. The molecule has 1 aromatic heterocycles. The van der Waals surface area contributed by atoms with Crippen LogP contribution in [0.25, 0.3) is 10.4 Å². The number of carbonyl (C=O) groups excluding carboxylic acids is 3. The zero-order valence-electron chi connectivity index (χ0n) is 20.7. The molecule has 0 aliphatic carbocycles. The number of aryl methyl sites for hydroxylation is 1. The van der Waals surface area contributed by atoms with Gasteiger partial charge in [-0.3, -0.25) is 14.4 Å². The zero-order chi connectivity index (χ0) is 25.2. The van der Waals surface area contributed by atoms with Crippen LogP contribution in [-0.4, -0.2) is 59.4 Å². The topological polar surface area (TPSA) is 98.7 Å². The second-order valence-electron chi connectivity index (χ2n) is 10.1. The number of β-amino-alcohol motifs (C(OH)–C–C–N with tert-alkyl or cyclic N) is 1. The minimum absolute atomic E-state index is 0.0881. The first-order chi connectivity index (χ1) is 15.9. The van der Waals surface area contributed by atoms with E-state index in [0.29, 0.717) is 5.56 Å². The highest BCUT2D eigenvalue weighted by atomic mass is 32.1. The predicted molar refractivity (Wildman–Crippen MR) is 134 cm³/mol. The Morgan fingerprint density at radius 3 is 2.29 bits per heavy atom. The highest BCUT2D eigenvalue weighted by Gasteiger charge is 2.44. The van der Waals surface area contributed by atoms with Crippen LogP contribution in [0.4, 0.5) is 0 Å². The van der Waals surface area contributed by atoms with Crippen molar-refractivity contribution in [3.63, 3.8) is 0 Å². The van der Waals surface area contributed by atoms with Crippen LogP contribution in [0.5, 0.6) is 0 Å². The number of ketones is 1. The van der Waals surface area contributed by atoms with E-state index in [9.17, 15) is 19.5 Å². The van der Waals surface area contributed by atoms with Crippen molar-refractivity contribution in [2.75, 3.05) is 13.6 Å². The molecule has 1 saturated heterocycles. The Morgan fingerprint density at radius 2 is 1.79 bits per heavy atom. The number of nitrogens with zero attached hydrogens (tertiary/aromatic N) is 1. The normalized spacial score (nSPS) is 20.1. The molecule has 1 aliphatic rings. The molecular formula is C26H35N3O4S. The maximum Gasteiger partial charge on any atom is 0.243 e. The van der Waals surface area contributed by atoms with Crippen LogP contribution in [-0.2, 0) is 14.4 Å². The monoisotopic (exact) mass is 485 g/mol. The van der Waals surface area contributed by atoms with Crippen LogP contribution >= 0.6 is 11.3 Å². The number of aliphatic hydroxyl groups excluding tert-OH is 1. The third kappa shape index (κ3) is 5.56. The SMILES string of the molecule is CN[C@H](C(=O)N1C[C@H](O)C[C@H]1C(=O)N[C@H](C(C)=O)c1ccc(-c2sccc2C)cc1)C(C)(C)C. The highest BCUT2D eigenvalue weighted by molar-refractivity contribution is 7.13. The van der Waals surface area contributed by atoms with E-state index in [-0.39, 0.29) is 30.1 Å². The molecule has 2 heterocycles. The summed E-state index contributed by atoms with van der Waals surface area (Å²) in [6.45, 7) is 9.41. The molecule has 2 amide bonds. The summed E-state index contributed by atoms with van der Waals surface area (Å²) in [7, 11) is 1.71. The molecule has 4 atom stereocenters. The van der Waals surface area contributed by atoms with Crippen LogP contribution in [0.2, 0.25) is 0 Å². The molecule has 0 unspecified atom stereocenters. The molecule has 7 nitrogen and oxygen atoms in total. The lowest BCUT2D eigenvalue weighted by molar-refractivity contribution is -0.142. The minimum atomic E-state index is -0.837. The maximum atomic E-state index is 13.3. The van der Waals surface area contributed by atoms with E-state index in [0.717, 1.165) is 5.56 Å². The summed E-state index contributed by atoms with van der Waals surface area (Å²) in [6.07, 6.45) is -0.652. The summed E-state index contributed by atoms with van der Waals surface area (Å²) in [5.41, 5.74) is 2.55. The Bertz CT molecular complexity index is 1040. The van der Waals surface area contributed by atoms with Gasteiger partial charge in [0.25, 0.3) is 0 Å². The molecular weight excluding hydrogens is 450 g/mol. The molecule has 1 fully saturated rings. The number of amides is 2. The molecule has 0 radical (unpaired) electrons. The number of aliphatic hydroxyl groups is 1. The van der Waals surface area contributed by atoms with E-state index < -0.39 is 30.1 Å². The fraction of sp³-hybridized carbons (Fsp3) is 0.500. The number of hydrogen-bond acceptors (Lipinski definition) is 6. The lowest BCUT2D eigenvalue weighted by atomic mass is 9.86. The van der Waals surface area contributed by atoms with Crippen LogP contribution in [0, 0.1) is 12.3 Å².